The summed E-state index contributed by atoms with van der Waals surface area (Å²) in [6, 6.07) is 5.17. The molecule has 1 aliphatic rings. The number of hydrogen-bond donors (Lipinski definition) is 1. The van der Waals surface area contributed by atoms with Gasteiger partial charge in [-0.05, 0) is 62.6 Å². The van der Waals surface area contributed by atoms with Crippen molar-refractivity contribution in [3.8, 4) is 0 Å². The number of carbonyl (C=O) groups is 1. The van der Waals surface area contributed by atoms with Crippen molar-refractivity contribution in [1.82, 2.24) is 0 Å². The van der Waals surface area contributed by atoms with Crippen LogP contribution in [-0.2, 0) is 8.98 Å². The number of rotatable bonds is 5. The molecule has 3 nitrogen and oxygen atoms in total. The maximum absolute atomic E-state index is 13.6. The van der Waals surface area contributed by atoms with Crippen molar-refractivity contribution >= 4 is 17.9 Å². The van der Waals surface area contributed by atoms with Gasteiger partial charge in [-0.2, -0.15) is 0 Å². The highest BCUT2D eigenvalue weighted by molar-refractivity contribution is 7.94. The third-order valence-corrected chi connectivity index (χ3v) is 6.21. The summed E-state index contributed by atoms with van der Waals surface area (Å²) in [5, 5.41) is 0. The zero-order chi connectivity index (χ0) is 20.0. The molecule has 1 aromatic rings. The maximum Gasteiger partial charge on any atom is 0.217 e. The first-order chi connectivity index (χ1) is 11.9. The number of nitrogens with two attached hydrogens (primary N) is 1. The normalized spacial score (nSPS) is 15.5. The third-order valence-electron chi connectivity index (χ3n) is 5.20. The van der Waals surface area contributed by atoms with Gasteiger partial charge in [-0.1, -0.05) is 39.7 Å². The molecular weight excluding hydrogens is 349 g/mol. The second-order valence-corrected chi connectivity index (χ2v) is 9.45. The molecule has 0 bridgehead atoms. The summed E-state index contributed by atoms with van der Waals surface area (Å²) in [6.45, 7) is 12.2. The van der Waals surface area contributed by atoms with Crippen molar-refractivity contribution in [2.45, 2.75) is 84.1 Å². The topological polar surface area (TPSA) is 52.3 Å². The zero-order valence-electron chi connectivity index (χ0n) is 17.0. The Labute approximate surface area is 162 Å². The Morgan fingerprint density at radius 3 is 2.27 bits per heavy atom. The minimum Gasteiger partial charge on any atom is -0.370 e. The van der Waals surface area contributed by atoms with Gasteiger partial charge in [0.1, 0.15) is 5.82 Å². The van der Waals surface area contributed by atoms with E-state index in [2.05, 4.69) is 20.8 Å². The lowest BCUT2D eigenvalue weighted by molar-refractivity contribution is -0.118. The number of aryl methyl sites for hydroxylation is 1. The van der Waals surface area contributed by atoms with E-state index < -0.39 is 0 Å². The van der Waals surface area contributed by atoms with Gasteiger partial charge >= 0.3 is 0 Å². The van der Waals surface area contributed by atoms with E-state index in [0.29, 0.717) is 17.2 Å². The van der Waals surface area contributed by atoms with Gasteiger partial charge in [-0.3, -0.25) is 4.79 Å². The average Bonchev–Trinajstić information content (AvgIpc) is 2.98. The summed E-state index contributed by atoms with van der Waals surface area (Å²) in [7, 11) is 0. The fourth-order valence-electron chi connectivity index (χ4n) is 2.45. The molecule has 1 saturated carbocycles. The summed E-state index contributed by atoms with van der Waals surface area (Å²) < 4.78 is 19.4. The lowest BCUT2D eigenvalue weighted by Gasteiger charge is -2.37. The standard InChI is InChI=1S/C14H21FOS.C7H13NO/c1-10-7-8-12(11(15)9-10)17-16-14(5,6)13(2,3)4;8-7(9)5-6-3-1-2-4-6/h7-9H,1-6H3;6H,1-5H2,(H2,8,9). The van der Waals surface area contributed by atoms with E-state index in [1.165, 1.54) is 31.7 Å². The van der Waals surface area contributed by atoms with Crippen molar-refractivity contribution in [2.24, 2.45) is 17.1 Å². The summed E-state index contributed by atoms with van der Waals surface area (Å²) in [5.74, 6) is 0.254. The maximum atomic E-state index is 13.6. The molecule has 26 heavy (non-hydrogen) atoms. The zero-order valence-corrected chi connectivity index (χ0v) is 17.8. The average molecular weight is 384 g/mol. The Balaban J connectivity index is 0.000000314. The Kier molecular flexibility index (Phi) is 8.61. The molecule has 1 amide bonds. The molecule has 0 aliphatic heterocycles. The molecule has 1 fully saturated rings. The van der Waals surface area contributed by atoms with Crippen LogP contribution >= 0.6 is 12.0 Å². The second kappa shape index (κ2) is 9.75. The molecule has 0 unspecified atom stereocenters. The number of halogens is 1. The van der Waals surface area contributed by atoms with E-state index in [9.17, 15) is 9.18 Å². The SMILES string of the molecule is Cc1ccc(SOC(C)(C)C(C)(C)C)c(F)c1.NC(=O)CC1CCCC1. The number of carbonyl (C=O) groups excluding carboxylic acids is 1. The molecule has 0 radical (unpaired) electrons. The van der Waals surface area contributed by atoms with Crippen molar-refractivity contribution in [1.29, 1.82) is 0 Å². The Morgan fingerprint density at radius 2 is 1.81 bits per heavy atom. The molecular formula is C21H34FNO2S. The molecule has 2 rings (SSSR count). The van der Waals surface area contributed by atoms with E-state index in [1.807, 2.05) is 26.8 Å². The van der Waals surface area contributed by atoms with Crippen LogP contribution in [-0.4, -0.2) is 11.5 Å². The van der Waals surface area contributed by atoms with Crippen LogP contribution in [0, 0.1) is 24.1 Å². The molecule has 0 saturated heterocycles. The lowest BCUT2D eigenvalue weighted by atomic mass is 9.79. The van der Waals surface area contributed by atoms with Crippen LogP contribution in [0.4, 0.5) is 4.39 Å². The van der Waals surface area contributed by atoms with Gasteiger partial charge in [0.25, 0.3) is 0 Å². The Morgan fingerprint density at radius 1 is 1.23 bits per heavy atom. The number of primary amides is 1. The summed E-state index contributed by atoms with van der Waals surface area (Å²) in [4.78, 5) is 10.9. The fourth-order valence-corrected chi connectivity index (χ4v) is 3.26. The number of hydrogen-bond acceptors (Lipinski definition) is 3. The van der Waals surface area contributed by atoms with Crippen molar-refractivity contribution in [2.75, 3.05) is 0 Å². The van der Waals surface area contributed by atoms with Crippen LogP contribution in [0.5, 0.6) is 0 Å². The predicted octanol–water partition coefficient (Wildman–Crippen LogP) is 6.03. The molecule has 0 aromatic heterocycles. The van der Waals surface area contributed by atoms with Crippen molar-refractivity contribution in [3.05, 3.63) is 29.6 Å². The van der Waals surface area contributed by atoms with E-state index >= 15 is 0 Å². The minimum absolute atomic E-state index is 0.00116. The first kappa shape index (κ1) is 23.0. The molecule has 0 heterocycles. The Hall–Kier alpha value is -1.07. The molecule has 2 N–H and O–H groups in total. The van der Waals surface area contributed by atoms with Gasteiger partial charge < -0.3 is 9.92 Å². The van der Waals surface area contributed by atoms with Crippen LogP contribution in [0.25, 0.3) is 0 Å². The Bertz CT molecular complexity index is 590. The van der Waals surface area contributed by atoms with Gasteiger partial charge in [0.2, 0.25) is 5.91 Å². The smallest absolute Gasteiger partial charge is 0.217 e. The van der Waals surface area contributed by atoms with Crippen LogP contribution in [0.15, 0.2) is 23.1 Å². The molecule has 5 heteroatoms. The first-order valence-electron chi connectivity index (χ1n) is 9.32. The van der Waals surface area contributed by atoms with Crippen LogP contribution in [0.3, 0.4) is 0 Å². The molecule has 0 spiro atoms. The van der Waals surface area contributed by atoms with Crippen molar-refractivity contribution in [3.63, 3.8) is 0 Å². The predicted molar refractivity (Wildman–Crippen MR) is 107 cm³/mol. The highest BCUT2D eigenvalue weighted by Crippen LogP contribution is 2.38. The summed E-state index contributed by atoms with van der Waals surface area (Å²) in [6.07, 6.45) is 5.61. The lowest BCUT2D eigenvalue weighted by Crippen LogP contribution is -2.37. The van der Waals surface area contributed by atoms with Crippen molar-refractivity contribution < 1.29 is 13.4 Å². The monoisotopic (exact) mass is 383 g/mol. The third kappa shape index (κ3) is 7.67. The van der Waals surface area contributed by atoms with Gasteiger partial charge in [0.15, 0.2) is 0 Å². The van der Waals surface area contributed by atoms with E-state index in [1.54, 1.807) is 6.07 Å². The first-order valence-corrected chi connectivity index (χ1v) is 10.1. The van der Waals surface area contributed by atoms with E-state index in [-0.39, 0.29) is 22.7 Å². The number of amides is 1. The molecule has 0 atom stereocenters. The van der Waals surface area contributed by atoms with Crippen LogP contribution in [0.1, 0.15) is 72.3 Å². The quantitative estimate of drug-likeness (QED) is 0.631. The molecule has 148 valence electrons. The summed E-state index contributed by atoms with van der Waals surface area (Å²) >= 11 is 1.11. The number of benzene rings is 1. The summed E-state index contributed by atoms with van der Waals surface area (Å²) in [5.41, 5.74) is 5.63. The largest absolute Gasteiger partial charge is 0.370 e. The van der Waals surface area contributed by atoms with Gasteiger partial charge in [-0.15, -0.1) is 0 Å². The highest BCUT2D eigenvalue weighted by atomic mass is 32.2. The van der Waals surface area contributed by atoms with E-state index in [4.69, 9.17) is 9.92 Å². The van der Waals surface area contributed by atoms with Crippen LogP contribution in [0.2, 0.25) is 0 Å². The fraction of sp³-hybridized carbons (Fsp3) is 0.667. The molecule has 1 aromatic carbocycles. The molecule has 1 aliphatic carbocycles. The van der Waals surface area contributed by atoms with E-state index in [0.717, 1.165) is 17.6 Å². The highest BCUT2D eigenvalue weighted by Gasteiger charge is 2.34. The van der Waals surface area contributed by atoms with Gasteiger partial charge in [0.05, 0.1) is 10.5 Å². The van der Waals surface area contributed by atoms with Gasteiger partial charge in [0, 0.05) is 18.5 Å². The second-order valence-electron chi connectivity index (χ2n) is 8.68. The van der Waals surface area contributed by atoms with Crippen LogP contribution < -0.4 is 5.73 Å². The van der Waals surface area contributed by atoms with Gasteiger partial charge in [-0.25, -0.2) is 4.39 Å². The minimum atomic E-state index is -0.324.